The van der Waals surface area contributed by atoms with Gasteiger partial charge in [-0.1, -0.05) is 38.8 Å². The molecule has 0 saturated heterocycles. The Labute approximate surface area is 83.6 Å². The van der Waals surface area contributed by atoms with Crippen LogP contribution in [0.5, 0.6) is 0 Å². The van der Waals surface area contributed by atoms with Crippen LogP contribution in [-0.2, 0) is 5.41 Å². The SMILES string of the molecule is CCCC(C)(C)c1cc(Cl)cs1. The van der Waals surface area contributed by atoms with Crippen LogP contribution in [0.2, 0.25) is 5.02 Å². The number of rotatable bonds is 3. The standard InChI is InChI=1S/C10H15ClS/c1-4-5-10(2,3)9-6-8(11)7-12-9/h6-7H,4-5H2,1-3H3. The molecule has 0 bridgehead atoms. The number of thiophene rings is 1. The minimum absolute atomic E-state index is 0.298. The van der Waals surface area contributed by atoms with Crippen molar-refractivity contribution in [2.24, 2.45) is 0 Å². The maximum Gasteiger partial charge on any atom is 0.0515 e. The van der Waals surface area contributed by atoms with Crippen LogP contribution in [0.4, 0.5) is 0 Å². The summed E-state index contributed by atoms with van der Waals surface area (Å²) in [6.45, 7) is 6.77. The second-order valence-corrected chi connectivity index (χ2v) is 5.11. The average molecular weight is 203 g/mol. The molecule has 0 aliphatic carbocycles. The molecule has 1 aromatic heterocycles. The Morgan fingerprint density at radius 2 is 2.17 bits per heavy atom. The summed E-state index contributed by atoms with van der Waals surface area (Å²) in [5, 5.41) is 2.88. The summed E-state index contributed by atoms with van der Waals surface area (Å²) in [6.07, 6.45) is 2.45. The average Bonchev–Trinajstić information content (AvgIpc) is 2.36. The van der Waals surface area contributed by atoms with E-state index in [9.17, 15) is 0 Å². The van der Waals surface area contributed by atoms with Crippen molar-refractivity contribution in [2.45, 2.75) is 39.0 Å². The van der Waals surface area contributed by atoms with Gasteiger partial charge in [-0.15, -0.1) is 11.3 Å². The normalized spacial score (nSPS) is 12.0. The van der Waals surface area contributed by atoms with E-state index in [4.69, 9.17) is 11.6 Å². The van der Waals surface area contributed by atoms with Gasteiger partial charge in [-0.05, 0) is 17.9 Å². The zero-order valence-electron chi connectivity index (χ0n) is 7.86. The molecule has 1 heterocycles. The predicted molar refractivity (Wildman–Crippen MR) is 57.3 cm³/mol. The fraction of sp³-hybridized carbons (Fsp3) is 0.600. The molecule has 12 heavy (non-hydrogen) atoms. The van der Waals surface area contributed by atoms with Gasteiger partial charge in [0, 0.05) is 10.3 Å². The lowest BCUT2D eigenvalue weighted by molar-refractivity contribution is 0.482. The number of hydrogen-bond donors (Lipinski definition) is 0. The smallest absolute Gasteiger partial charge is 0.0515 e. The molecule has 0 atom stereocenters. The van der Waals surface area contributed by atoms with E-state index in [1.54, 1.807) is 11.3 Å². The van der Waals surface area contributed by atoms with Gasteiger partial charge in [-0.2, -0.15) is 0 Å². The van der Waals surface area contributed by atoms with Crippen LogP contribution in [0.15, 0.2) is 11.4 Å². The minimum atomic E-state index is 0.298. The van der Waals surface area contributed by atoms with Gasteiger partial charge in [0.05, 0.1) is 5.02 Å². The number of hydrogen-bond acceptors (Lipinski definition) is 1. The first-order valence-corrected chi connectivity index (χ1v) is 5.56. The Bertz CT molecular complexity index is 250. The summed E-state index contributed by atoms with van der Waals surface area (Å²) < 4.78 is 0. The van der Waals surface area contributed by atoms with Crippen LogP contribution in [0.25, 0.3) is 0 Å². The third-order valence-corrected chi connectivity index (χ3v) is 3.75. The zero-order valence-corrected chi connectivity index (χ0v) is 9.43. The molecule has 1 aromatic rings. The fourth-order valence-electron chi connectivity index (χ4n) is 1.42. The Hall–Kier alpha value is -0.0100. The Kier molecular flexibility index (Phi) is 3.19. The molecule has 0 saturated carbocycles. The fourth-order valence-corrected chi connectivity index (χ4v) is 2.65. The van der Waals surface area contributed by atoms with E-state index in [2.05, 4.69) is 26.8 Å². The molecule has 0 unspecified atom stereocenters. The van der Waals surface area contributed by atoms with Crippen LogP contribution >= 0.6 is 22.9 Å². The summed E-state index contributed by atoms with van der Waals surface area (Å²) >= 11 is 7.64. The van der Waals surface area contributed by atoms with Crippen LogP contribution in [0.1, 0.15) is 38.5 Å². The molecule has 0 nitrogen and oxygen atoms in total. The first kappa shape index (κ1) is 10.1. The van der Waals surface area contributed by atoms with Gasteiger partial charge in [-0.25, -0.2) is 0 Å². The highest BCUT2D eigenvalue weighted by Gasteiger charge is 2.20. The molecule has 0 aromatic carbocycles. The topological polar surface area (TPSA) is 0 Å². The van der Waals surface area contributed by atoms with E-state index >= 15 is 0 Å². The lowest BCUT2D eigenvalue weighted by Gasteiger charge is -2.21. The third-order valence-electron chi connectivity index (χ3n) is 2.11. The second-order valence-electron chi connectivity index (χ2n) is 3.76. The van der Waals surface area contributed by atoms with E-state index in [1.807, 2.05) is 5.38 Å². The van der Waals surface area contributed by atoms with Crippen molar-refractivity contribution in [3.63, 3.8) is 0 Å². The van der Waals surface area contributed by atoms with Gasteiger partial charge in [0.25, 0.3) is 0 Å². The lowest BCUT2D eigenvalue weighted by Crippen LogP contribution is -2.14. The molecule has 2 heteroatoms. The second kappa shape index (κ2) is 3.80. The first-order valence-electron chi connectivity index (χ1n) is 4.31. The summed E-state index contributed by atoms with van der Waals surface area (Å²) in [5.41, 5.74) is 0.298. The van der Waals surface area contributed by atoms with Gasteiger partial charge in [0.2, 0.25) is 0 Å². The van der Waals surface area contributed by atoms with E-state index in [0.717, 1.165) is 5.02 Å². The molecular formula is C10H15ClS. The monoisotopic (exact) mass is 202 g/mol. The lowest BCUT2D eigenvalue weighted by atomic mass is 9.86. The maximum absolute atomic E-state index is 5.88. The number of halogens is 1. The highest BCUT2D eigenvalue weighted by Crippen LogP contribution is 2.34. The van der Waals surface area contributed by atoms with Crippen molar-refractivity contribution >= 4 is 22.9 Å². The van der Waals surface area contributed by atoms with Crippen molar-refractivity contribution in [1.29, 1.82) is 0 Å². The molecule has 68 valence electrons. The van der Waals surface area contributed by atoms with Crippen molar-refractivity contribution in [3.05, 3.63) is 21.3 Å². The molecule has 0 spiro atoms. The van der Waals surface area contributed by atoms with Gasteiger partial charge in [0.1, 0.15) is 0 Å². The van der Waals surface area contributed by atoms with E-state index in [1.165, 1.54) is 17.7 Å². The molecule has 1 rings (SSSR count). The molecule has 0 N–H and O–H groups in total. The highest BCUT2D eigenvalue weighted by atomic mass is 35.5. The minimum Gasteiger partial charge on any atom is -0.147 e. The molecule has 0 aliphatic rings. The Morgan fingerprint density at radius 3 is 2.58 bits per heavy atom. The van der Waals surface area contributed by atoms with Crippen LogP contribution in [0, 0.1) is 0 Å². The highest BCUT2D eigenvalue weighted by molar-refractivity contribution is 7.10. The quantitative estimate of drug-likeness (QED) is 0.678. The van der Waals surface area contributed by atoms with E-state index in [0.29, 0.717) is 5.41 Å². The first-order chi connectivity index (χ1) is 5.56. The molecule has 0 fully saturated rings. The Morgan fingerprint density at radius 1 is 1.50 bits per heavy atom. The van der Waals surface area contributed by atoms with Crippen LogP contribution in [0.3, 0.4) is 0 Å². The Balaban J connectivity index is 2.81. The van der Waals surface area contributed by atoms with Gasteiger partial charge in [0.15, 0.2) is 0 Å². The van der Waals surface area contributed by atoms with Gasteiger partial charge in [-0.3, -0.25) is 0 Å². The van der Waals surface area contributed by atoms with Crippen molar-refractivity contribution in [3.8, 4) is 0 Å². The molecule has 0 aliphatic heterocycles. The van der Waals surface area contributed by atoms with E-state index < -0.39 is 0 Å². The summed E-state index contributed by atoms with van der Waals surface area (Å²) in [5.74, 6) is 0. The van der Waals surface area contributed by atoms with Crippen molar-refractivity contribution in [2.75, 3.05) is 0 Å². The van der Waals surface area contributed by atoms with Crippen molar-refractivity contribution < 1.29 is 0 Å². The summed E-state index contributed by atoms with van der Waals surface area (Å²) in [4.78, 5) is 1.40. The summed E-state index contributed by atoms with van der Waals surface area (Å²) in [7, 11) is 0. The van der Waals surface area contributed by atoms with Crippen molar-refractivity contribution in [1.82, 2.24) is 0 Å². The molecular weight excluding hydrogens is 188 g/mol. The zero-order chi connectivity index (χ0) is 9.19. The summed E-state index contributed by atoms with van der Waals surface area (Å²) in [6, 6.07) is 2.09. The van der Waals surface area contributed by atoms with Crippen LogP contribution in [-0.4, -0.2) is 0 Å². The molecule has 0 radical (unpaired) electrons. The van der Waals surface area contributed by atoms with Gasteiger partial charge < -0.3 is 0 Å². The predicted octanol–water partition coefficient (Wildman–Crippen LogP) is 4.48. The van der Waals surface area contributed by atoms with Crippen LogP contribution < -0.4 is 0 Å². The van der Waals surface area contributed by atoms with E-state index in [-0.39, 0.29) is 0 Å². The maximum atomic E-state index is 5.88. The largest absolute Gasteiger partial charge is 0.147 e. The molecule has 0 amide bonds. The third kappa shape index (κ3) is 2.24. The van der Waals surface area contributed by atoms with Gasteiger partial charge >= 0.3 is 0 Å².